The van der Waals surface area contributed by atoms with Crippen LogP contribution in [0, 0.1) is 11.3 Å². The molecule has 1 fully saturated rings. The molecule has 0 radical (unpaired) electrons. The summed E-state index contributed by atoms with van der Waals surface area (Å²) >= 11 is 0. The minimum atomic E-state index is -4.46. The summed E-state index contributed by atoms with van der Waals surface area (Å²) < 4.78 is 39.1. The number of hydrogen-bond donors (Lipinski definition) is 0. The van der Waals surface area contributed by atoms with Crippen molar-refractivity contribution in [3.8, 4) is 17.3 Å². The molecular weight excluding hydrogens is 407 g/mol. The van der Waals surface area contributed by atoms with E-state index in [4.69, 9.17) is 0 Å². The zero-order valence-electron chi connectivity index (χ0n) is 17.5. The highest BCUT2D eigenvalue weighted by molar-refractivity contribution is 5.81. The van der Waals surface area contributed by atoms with Crippen molar-refractivity contribution in [2.75, 3.05) is 27.2 Å². The second-order valence-corrected chi connectivity index (χ2v) is 7.79. The van der Waals surface area contributed by atoms with Gasteiger partial charge in [-0.05, 0) is 57.0 Å². The molecule has 2 heterocycles. The molecule has 1 aromatic heterocycles. The number of nitrogens with zero attached hydrogens (tertiary/aromatic N) is 5. The van der Waals surface area contributed by atoms with E-state index in [1.165, 1.54) is 12.1 Å². The topological polar surface area (TPSA) is 73.1 Å². The smallest absolute Gasteiger partial charge is 0.347 e. The standard InChI is InChI=1S/C22H24F3N5O/c1-29(2)21(31)19-9-5-11-30(19)10-4-8-17-13-18(28-20(14-26)27-17)15-6-3-7-16(12-15)22(23,24)25/h3,6-7,12-13,19H,4-5,8-11H2,1-2H3. The number of likely N-dealkylation sites (tertiary alicyclic amines) is 1. The van der Waals surface area contributed by atoms with Gasteiger partial charge in [0.2, 0.25) is 11.7 Å². The second kappa shape index (κ2) is 9.43. The summed E-state index contributed by atoms with van der Waals surface area (Å²) in [6, 6.07) is 8.27. The van der Waals surface area contributed by atoms with E-state index < -0.39 is 11.7 Å². The first-order chi connectivity index (χ1) is 14.7. The van der Waals surface area contributed by atoms with Crippen molar-refractivity contribution >= 4 is 5.91 Å². The van der Waals surface area contributed by atoms with Gasteiger partial charge in [0, 0.05) is 25.4 Å². The molecule has 6 nitrogen and oxygen atoms in total. The SMILES string of the molecule is CN(C)C(=O)C1CCCN1CCCc1cc(-c2cccc(C(F)(F)F)c2)nc(C#N)n1. The minimum absolute atomic E-state index is 0.0771. The Morgan fingerprint density at radius 3 is 2.74 bits per heavy atom. The van der Waals surface area contributed by atoms with E-state index in [0.29, 0.717) is 25.1 Å². The molecule has 1 amide bonds. The third-order valence-electron chi connectivity index (χ3n) is 5.33. The highest BCUT2D eigenvalue weighted by atomic mass is 19.4. The first kappa shape index (κ1) is 22.7. The van der Waals surface area contributed by atoms with E-state index in [1.807, 2.05) is 6.07 Å². The number of aryl methyl sites for hydroxylation is 1. The van der Waals surface area contributed by atoms with E-state index in [2.05, 4.69) is 14.9 Å². The molecule has 0 N–H and O–H groups in total. The number of likely N-dealkylation sites (N-methyl/N-ethyl adjacent to an activating group) is 1. The van der Waals surface area contributed by atoms with Crippen LogP contribution in [0.3, 0.4) is 0 Å². The molecule has 1 aliphatic rings. The van der Waals surface area contributed by atoms with Crippen molar-refractivity contribution in [1.29, 1.82) is 5.26 Å². The number of amides is 1. The predicted molar refractivity (Wildman–Crippen MR) is 109 cm³/mol. The van der Waals surface area contributed by atoms with Gasteiger partial charge in [-0.1, -0.05) is 12.1 Å². The van der Waals surface area contributed by atoms with Crippen LogP contribution in [-0.2, 0) is 17.4 Å². The van der Waals surface area contributed by atoms with Crippen molar-refractivity contribution < 1.29 is 18.0 Å². The van der Waals surface area contributed by atoms with Crippen LogP contribution in [0.5, 0.6) is 0 Å². The Balaban J connectivity index is 1.73. The van der Waals surface area contributed by atoms with Gasteiger partial charge in [0.05, 0.1) is 17.3 Å². The van der Waals surface area contributed by atoms with Gasteiger partial charge in [-0.15, -0.1) is 0 Å². The lowest BCUT2D eigenvalue weighted by Crippen LogP contribution is -2.43. The van der Waals surface area contributed by atoms with Gasteiger partial charge in [-0.3, -0.25) is 9.69 Å². The molecule has 1 aromatic carbocycles. The van der Waals surface area contributed by atoms with E-state index in [0.717, 1.165) is 31.5 Å². The molecule has 1 atom stereocenters. The maximum atomic E-state index is 13.0. The maximum Gasteiger partial charge on any atom is 0.416 e. The number of alkyl halides is 3. The molecule has 31 heavy (non-hydrogen) atoms. The van der Waals surface area contributed by atoms with Crippen LogP contribution in [0.2, 0.25) is 0 Å². The zero-order valence-corrected chi connectivity index (χ0v) is 17.5. The van der Waals surface area contributed by atoms with Crippen molar-refractivity contribution in [1.82, 2.24) is 19.8 Å². The van der Waals surface area contributed by atoms with Crippen LogP contribution < -0.4 is 0 Å². The Kier molecular flexibility index (Phi) is 6.91. The van der Waals surface area contributed by atoms with Gasteiger partial charge >= 0.3 is 6.18 Å². The highest BCUT2D eigenvalue weighted by Crippen LogP contribution is 2.32. The summed E-state index contributed by atoms with van der Waals surface area (Å²) in [5.74, 6) is 0.0184. The van der Waals surface area contributed by atoms with E-state index in [1.54, 1.807) is 25.1 Å². The Morgan fingerprint density at radius 2 is 2.06 bits per heavy atom. The summed E-state index contributed by atoms with van der Waals surface area (Å²) in [7, 11) is 3.50. The van der Waals surface area contributed by atoms with Gasteiger partial charge in [0.15, 0.2) is 0 Å². The van der Waals surface area contributed by atoms with Crippen LogP contribution in [-0.4, -0.2) is 58.9 Å². The van der Waals surface area contributed by atoms with Crippen LogP contribution in [0.1, 0.15) is 36.3 Å². The average Bonchev–Trinajstić information content (AvgIpc) is 3.20. The largest absolute Gasteiger partial charge is 0.416 e. The molecule has 3 rings (SSSR count). The van der Waals surface area contributed by atoms with Gasteiger partial charge < -0.3 is 4.90 Å². The number of nitriles is 1. The third-order valence-corrected chi connectivity index (χ3v) is 5.33. The number of rotatable bonds is 6. The Hall–Kier alpha value is -2.99. The van der Waals surface area contributed by atoms with E-state index >= 15 is 0 Å². The summed E-state index contributed by atoms with van der Waals surface area (Å²) in [5, 5.41) is 9.26. The third kappa shape index (κ3) is 5.58. The van der Waals surface area contributed by atoms with Crippen molar-refractivity contribution in [3.05, 3.63) is 47.4 Å². The number of carbonyl (C=O) groups excluding carboxylic acids is 1. The molecule has 1 unspecified atom stereocenters. The van der Waals surface area contributed by atoms with Crippen LogP contribution in [0.25, 0.3) is 11.3 Å². The van der Waals surface area contributed by atoms with Crippen LogP contribution in [0.15, 0.2) is 30.3 Å². The van der Waals surface area contributed by atoms with Gasteiger partial charge in [0.25, 0.3) is 0 Å². The first-order valence-corrected chi connectivity index (χ1v) is 10.1. The van der Waals surface area contributed by atoms with Crippen molar-refractivity contribution in [3.63, 3.8) is 0 Å². The summed E-state index contributed by atoms with van der Waals surface area (Å²) in [6.45, 7) is 1.56. The molecule has 2 aromatic rings. The monoisotopic (exact) mass is 431 g/mol. The number of halogens is 3. The number of benzene rings is 1. The fraction of sp³-hybridized carbons (Fsp3) is 0.455. The Morgan fingerprint density at radius 1 is 1.29 bits per heavy atom. The lowest BCUT2D eigenvalue weighted by atomic mass is 10.1. The molecule has 0 aliphatic carbocycles. The van der Waals surface area contributed by atoms with Crippen LogP contribution in [0.4, 0.5) is 13.2 Å². The fourth-order valence-electron chi connectivity index (χ4n) is 3.81. The van der Waals surface area contributed by atoms with E-state index in [9.17, 15) is 23.2 Å². The second-order valence-electron chi connectivity index (χ2n) is 7.79. The predicted octanol–water partition coefficient (Wildman–Crippen LogP) is 3.52. The fourth-order valence-corrected chi connectivity index (χ4v) is 3.81. The highest BCUT2D eigenvalue weighted by Gasteiger charge is 2.31. The van der Waals surface area contributed by atoms with Gasteiger partial charge in [-0.2, -0.15) is 18.4 Å². The normalized spacial score (nSPS) is 16.8. The molecule has 0 saturated carbocycles. The van der Waals surface area contributed by atoms with Crippen molar-refractivity contribution in [2.45, 2.75) is 37.9 Å². The molecule has 0 spiro atoms. The summed E-state index contributed by atoms with van der Waals surface area (Å²) in [6.07, 6.45) is -1.41. The molecular formula is C22H24F3N5O. The summed E-state index contributed by atoms with van der Waals surface area (Å²) in [5.41, 5.74) is 0.392. The quantitative estimate of drug-likeness (QED) is 0.700. The van der Waals surface area contributed by atoms with E-state index in [-0.39, 0.29) is 29.0 Å². The lowest BCUT2D eigenvalue weighted by Gasteiger charge is -2.25. The maximum absolute atomic E-state index is 13.0. The summed E-state index contributed by atoms with van der Waals surface area (Å²) in [4.78, 5) is 24.4. The molecule has 0 bridgehead atoms. The van der Waals surface area contributed by atoms with Crippen LogP contribution >= 0.6 is 0 Å². The number of carbonyl (C=O) groups is 1. The van der Waals surface area contributed by atoms with Crippen molar-refractivity contribution in [2.24, 2.45) is 0 Å². The zero-order chi connectivity index (χ0) is 22.6. The average molecular weight is 431 g/mol. The Labute approximate surface area is 179 Å². The van der Waals surface area contributed by atoms with Gasteiger partial charge in [-0.25, -0.2) is 9.97 Å². The minimum Gasteiger partial charge on any atom is -0.347 e. The van der Waals surface area contributed by atoms with Gasteiger partial charge in [0.1, 0.15) is 6.07 Å². The first-order valence-electron chi connectivity index (χ1n) is 10.1. The molecule has 1 saturated heterocycles. The molecule has 164 valence electrons. The lowest BCUT2D eigenvalue weighted by molar-refractivity contribution is -0.137. The molecule has 1 aliphatic heterocycles. The number of hydrogen-bond acceptors (Lipinski definition) is 5. The number of aromatic nitrogens is 2. The Bertz CT molecular complexity index is 984. The molecule has 9 heteroatoms.